The van der Waals surface area contributed by atoms with E-state index in [2.05, 4.69) is 5.32 Å². The van der Waals surface area contributed by atoms with Gasteiger partial charge >= 0.3 is 0 Å². The van der Waals surface area contributed by atoms with Gasteiger partial charge in [-0.1, -0.05) is 53.6 Å². The number of hydrogen-bond acceptors (Lipinski definition) is 4. The lowest BCUT2D eigenvalue weighted by Gasteiger charge is -2.16. The summed E-state index contributed by atoms with van der Waals surface area (Å²) in [6, 6.07) is 20.3. The van der Waals surface area contributed by atoms with E-state index in [0.29, 0.717) is 21.9 Å². The Labute approximate surface area is 192 Å². The van der Waals surface area contributed by atoms with Crippen molar-refractivity contribution in [2.45, 2.75) is 20.4 Å². The summed E-state index contributed by atoms with van der Waals surface area (Å²) in [5.74, 6) is 0.0198. The molecular weight excluding hydrogens is 424 g/mol. The van der Waals surface area contributed by atoms with Crippen LogP contribution in [0.4, 0.5) is 5.69 Å². The first-order valence-electron chi connectivity index (χ1n) is 10.2. The Bertz CT molecular complexity index is 1210. The van der Waals surface area contributed by atoms with Crippen LogP contribution in [0.25, 0.3) is 5.57 Å². The number of ether oxygens (including phenoxy) is 1. The van der Waals surface area contributed by atoms with Crippen LogP contribution in [-0.2, 0) is 16.1 Å². The van der Waals surface area contributed by atoms with Gasteiger partial charge in [0.1, 0.15) is 11.4 Å². The second-order valence-corrected chi connectivity index (χ2v) is 8.18. The lowest BCUT2D eigenvalue weighted by molar-refractivity contribution is -0.137. The first-order valence-corrected chi connectivity index (χ1v) is 10.6. The Morgan fingerprint density at radius 2 is 1.59 bits per heavy atom. The molecule has 0 radical (unpaired) electrons. The van der Waals surface area contributed by atoms with E-state index < -0.39 is 0 Å². The van der Waals surface area contributed by atoms with Crippen LogP contribution in [0, 0.1) is 13.8 Å². The fraction of sp³-hybridized carbons (Fsp3) is 0.154. The number of amides is 2. The second-order valence-electron chi connectivity index (χ2n) is 7.74. The Morgan fingerprint density at radius 1 is 0.906 bits per heavy atom. The van der Waals surface area contributed by atoms with E-state index >= 15 is 0 Å². The maximum atomic E-state index is 13.4. The summed E-state index contributed by atoms with van der Waals surface area (Å²) in [6.07, 6.45) is 0. The number of imide groups is 1. The van der Waals surface area contributed by atoms with Gasteiger partial charge in [-0.15, -0.1) is 0 Å². The molecule has 162 valence electrons. The SMILES string of the molecule is COc1ccc(CN2C(=O)C(Nc3ccc(Cl)cc3C)=C(c3ccc(C)cc3)C2=O)cc1. The minimum absolute atomic E-state index is 0.168. The topological polar surface area (TPSA) is 58.6 Å². The van der Waals surface area contributed by atoms with Crippen LogP contribution in [-0.4, -0.2) is 23.8 Å². The van der Waals surface area contributed by atoms with Gasteiger partial charge in [0.15, 0.2) is 0 Å². The van der Waals surface area contributed by atoms with Gasteiger partial charge in [-0.25, -0.2) is 0 Å². The number of halogens is 1. The molecule has 3 aromatic rings. The molecule has 6 heteroatoms. The predicted molar refractivity (Wildman–Crippen MR) is 126 cm³/mol. The number of nitrogens with zero attached hydrogens (tertiary/aromatic N) is 1. The zero-order valence-corrected chi connectivity index (χ0v) is 18.9. The first kappa shape index (κ1) is 21.7. The average molecular weight is 447 g/mol. The molecule has 0 atom stereocenters. The second kappa shape index (κ2) is 8.89. The van der Waals surface area contributed by atoms with E-state index in [1.165, 1.54) is 4.90 Å². The van der Waals surface area contributed by atoms with Crippen LogP contribution in [0.1, 0.15) is 22.3 Å². The number of carbonyl (C=O) groups excluding carboxylic acids is 2. The van der Waals surface area contributed by atoms with Gasteiger partial charge in [0.05, 0.1) is 19.2 Å². The standard InChI is InChI=1S/C26H23ClN2O3/c1-16-4-8-19(9-5-16)23-24(28-22-13-10-20(27)14-17(22)2)26(31)29(25(23)30)15-18-6-11-21(32-3)12-7-18/h4-14,28H,15H2,1-3H3. The average Bonchev–Trinajstić information content (AvgIpc) is 3.01. The molecule has 1 heterocycles. The minimum atomic E-state index is -0.365. The smallest absolute Gasteiger partial charge is 0.278 e. The Balaban J connectivity index is 1.72. The van der Waals surface area contributed by atoms with E-state index in [9.17, 15) is 9.59 Å². The quantitative estimate of drug-likeness (QED) is 0.518. The number of benzene rings is 3. The summed E-state index contributed by atoms with van der Waals surface area (Å²) in [5, 5.41) is 3.81. The van der Waals surface area contributed by atoms with Crippen LogP contribution in [0.5, 0.6) is 5.75 Å². The highest BCUT2D eigenvalue weighted by Gasteiger charge is 2.39. The van der Waals surface area contributed by atoms with Crippen molar-refractivity contribution in [3.8, 4) is 5.75 Å². The van der Waals surface area contributed by atoms with Crippen LogP contribution in [0.15, 0.2) is 72.4 Å². The number of aryl methyl sites for hydroxylation is 2. The summed E-state index contributed by atoms with van der Waals surface area (Å²) in [5.41, 5.74) is 4.82. The molecule has 3 aromatic carbocycles. The van der Waals surface area contributed by atoms with Crippen molar-refractivity contribution in [2.75, 3.05) is 12.4 Å². The fourth-order valence-corrected chi connectivity index (χ4v) is 3.87. The Hall–Kier alpha value is -3.57. The molecule has 0 unspecified atom stereocenters. The maximum Gasteiger partial charge on any atom is 0.278 e. The fourth-order valence-electron chi connectivity index (χ4n) is 3.64. The lowest BCUT2D eigenvalue weighted by Crippen LogP contribution is -2.32. The van der Waals surface area contributed by atoms with Gasteiger partial charge in [0.25, 0.3) is 11.8 Å². The molecule has 0 aliphatic carbocycles. The van der Waals surface area contributed by atoms with Crippen LogP contribution in [0.3, 0.4) is 0 Å². The third-order valence-corrected chi connectivity index (χ3v) is 5.69. The van der Waals surface area contributed by atoms with Crippen molar-refractivity contribution >= 4 is 34.7 Å². The van der Waals surface area contributed by atoms with Crippen molar-refractivity contribution in [1.29, 1.82) is 0 Å². The Morgan fingerprint density at radius 3 is 2.22 bits per heavy atom. The third kappa shape index (κ3) is 4.25. The molecule has 4 rings (SSSR count). The predicted octanol–water partition coefficient (Wildman–Crippen LogP) is 5.36. The molecule has 0 fully saturated rings. The van der Waals surface area contributed by atoms with E-state index in [4.69, 9.17) is 16.3 Å². The number of rotatable bonds is 6. The minimum Gasteiger partial charge on any atom is -0.497 e. The van der Waals surface area contributed by atoms with Crippen molar-refractivity contribution in [2.24, 2.45) is 0 Å². The highest BCUT2D eigenvalue weighted by Crippen LogP contribution is 2.33. The molecule has 0 saturated heterocycles. The lowest BCUT2D eigenvalue weighted by atomic mass is 10.0. The Kier molecular flexibility index (Phi) is 6.01. The molecule has 0 spiro atoms. The summed E-state index contributed by atoms with van der Waals surface area (Å²) in [4.78, 5) is 28.1. The van der Waals surface area contributed by atoms with Gasteiger partial charge in [0.2, 0.25) is 0 Å². The summed E-state index contributed by atoms with van der Waals surface area (Å²) >= 11 is 6.08. The molecule has 5 nitrogen and oxygen atoms in total. The number of anilines is 1. The van der Waals surface area contributed by atoms with E-state index in [0.717, 1.165) is 22.4 Å². The van der Waals surface area contributed by atoms with E-state index in [-0.39, 0.29) is 24.1 Å². The van der Waals surface area contributed by atoms with Gasteiger partial charge < -0.3 is 10.1 Å². The molecule has 1 aliphatic heterocycles. The van der Waals surface area contributed by atoms with Crippen molar-refractivity contribution in [1.82, 2.24) is 4.90 Å². The number of methoxy groups -OCH3 is 1. The molecule has 1 N–H and O–H groups in total. The van der Waals surface area contributed by atoms with Crippen LogP contribution in [0.2, 0.25) is 5.02 Å². The van der Waals surface area contributed by atoms with Crippen LogP contribution >= 0.6 is 11.6 Å². The van der Waals surface area contributed by atoms with Gasteiger partial charge in [-0.05, 0) is 60.9 Å². The van der Waals surface area contributed by atoms with Crippen molar-refractivity contribution in [3.05, 3.63) is 99.7 Å². The third-order valence-electron chi connectivity index (χ3n) is 5.46. The summed E-state index contributed by atoms with van der Waals surface area (Å²) < 4.78 is 5.19. The monoisotopic (exact) mass is 446 g/mol. The molecule has 2 amide bonds. The molecule has 0 saturated carbocycles. The molecule has 0 bridgehead atoms. The van der Waals surface area contributed by atoms with Crippen molar-refractivity contribution in [3.63, 3.8) is 0 Å². The maximum absolute atomic E-state index is 13.4. The summed E-state index contributed by atoms with van der Waals surface area (Å²) in [7, 11) is 1.59. The molecule has 32 heavy (non-hydrogen) atoms. The van der Waals surface area contributed by atoms with E-state index in [1.807, 2.05) is 68.4 Å². The molecular formula is C26H23ClN2O3. The van der Waals surface area contributed by atoms with Crippen molar-refractivity contribution < 1.29 is 14.3 Å². The number of nitrogens with one attached hydrogen (secondary N) is 1. The van der Waals surface area contributed by atoms with E-state index in [1.54, 1.807) is 19.2 Å². The highest BCUT2D eigenvalue weighted by atomic mass is 35.5. The van der Waals surface area contributed by atoms with Gasteiger partial charge in [-0.2, -0.15) is 0 Å². The van der Waals surface area contributed by atoms with Gasteiger partial charge in [0, 0.05) is 10.7 Å². The zero-order valence-electron chi connectivity index (χ0n) is 18.1. The summed E-state index contributed by atoms with van der Waals surface area (Å²) in [6.45, 7) is 4.05. The number of carbonyl (C=O) groups is 2. The largest absolute Gasteiger partial charge is 0.497 e. The normalized spacial score (nSPS) is 13.7. The number of hydrogen-bond donors (Lipinski definition) is 1. The highest BCUT2D eigenvalue weighted by molar-refractivity contribution is 6.36. The molecule has 1 aliphatic rings. The van der Waals surface area contributed by atoms with Gasteiger partial charge in [-0.3, -0.25) is 14.5 Å². The first-order chi connectivity index (χ1) is 15.4. The molecule has 0 aromatic heterocycles. The van der Waals surface area contributed by atoms with Crippen LogP contribution < -0.4 is 10.1 Å². The zero-order chi connectivity index (χ0) is 22.8.